The minimum atomic E-state index is -0.482. The van der Waals surface area contributed by atoms with Gasteiger partial charge in [0.25, 0.3) is 0 Å². The maximum Gasteiger partial charge on any atom is 0.0820 e. The number of aliphatic hydroxyl groups excluding tert-OH is 1. The normalized spacial score (nSPS) is 14.6. The molecule has 0 bridgehead atoms. The van der Waals surface area contributed by atoms with Gasteiger partial charge in [-0.1, -0.05) is 60.1 Å². The molecule has 76 valence electrons. The molecule has 0 radical (unpaired) electrons. The van der Waals surface area contributed by atoms with Crippen LogP contribution in [0.25, 0.3) is 0 Å². The van der Waals surface area contributed by atoms with Crippen molar-refractivity contribution in [2.24, 2.45) is 0 Å². The van der Waals surface area contributed by atoms with Crippen LogP contribution in [0.5, 0.6) is 0 Å². The number of hydrogen-bond donors (Lipinski definition) is 1. The van der Waals surface area contributed by atoms with Crippen molar-refractivity contribution < 1.29 is 5.11 Å². The van der Waals surface area contributed by atoms with E-state index in [1.807, 2.05) is 44.2 Å². The van der Waals surface area contributed by atoms with E-state index in [4.69, 9.17) is 0 Å². The summed E-state index contributed by atoms with van der Waals surface area (Å²) in [6.07, 6.45) is 1.26. The molecule has 1 rings (SSSR count). The Hall–Kier alpha value is -0.600. The first-order chi connectivity index (χ1) is 6.59. The van der Waals surface area contributed by atoms with Gasteiger partial charge in [0.2, 0.25) is 0 Å². The average molecular weight is 255 g/mol. The lowest BCUT2D eigenvalue weighted by atomic mass is 9.79. The highest BCUT2D eigenvalue weighted by Gasteiger charge is 2.27. The highest BCUT2D eigenvalue weighted by molar-refractivity contribution is 9.11. The van der Waals surface area contributed by atoms with Crippen molar-refractivity contribution in [3.05, 3.63) is 47.0 Å². The molecule has 2 heteroatoms. The predicted octanol–water partition coefficient (Wildman–Crippen LogP) is 3.23. The van der Waals surface area contributed by atoms with Crippen molar-refractivity contribution in [2.45, 2.75) is 25.4 Å². The minimum absolute atomic E-state index is 0.258. The van der Waals surface area contributed by atoms with Crippen molar-refractivity contribution in [2.75, 3.05) is 0 Å². The summed E-state index contributed by atoms with van der Waals surface area (Å²) in [5.74, 6) is 0. The third-order valence-electron chi connectivity index (χ3n) is 2.51. The molecule has 1 nitrogen and oxygen atoms in total. The lowest BCUT2D eigenvalue weighted by molar-refractivity contribution is 0.145. The van der Waals surface area contributed by atoms with Crippen LogP contribution >= 0.6 is 15.9 Å². The Balaban J connectivity index is 2.95. The molecule has 1 N–H and O–H groups in total. The van der Waals surface area contributed by atoms with E-state index in [-0.39, 0.29) is 5.41 Å². The molecular weight excluding hydrogens is 240 g/mol. The second-order valence-electron chi connectivity index (χ2n) is 3.85. The number of halogens is 1. The zero-order valence-corrected chi connectivity index (χ0v) is 10.0. The summed E-state index contributed by atoms with van der Waals surface area (Å²) in [6, 6.07) is 10.0. The molecule has 1 atom stereocenters. The summed E-state index contributed by atoms with van der Waals surface area (Å²) in [6.45, 7) is 4.06. The minimum Gasteiger partial charge on any atom is -0.388 e. The van der Waals surface area contributed by atoms with E-state index in [1.165, 1.54) is 0 Å². The molecular formula is C12H15BrO. The van der Waals surface area contributed by atoms with Crippen molar-refractivity contribution in [1.29, 1.82) is 0 Å². The highest BCUT2D eigenvalue weighted by Crippen LogP contribution is 2.27. The summed E-state index contributed by atoms with van der Waals surface area (Å²) < 4.78 is 0. The van der Waals surface area contributed by atoms with Crippen molar-refractivity contribution in [3.63, 3.8) is 0 Å². The third kappa shape index (κ3) is 2.46. The van der Waals surface area contributed by atoms with Crippen LogP contribution in [0.3, 0.4) is 0 Å². The van der Waals surface area contributed by atoms with Crippen LogP contribution in [0.1, 0.15) is 19.4 Å². The van der Waals surface area contributed by atoms with Gasteiger partial charge in [0.1, 0.15) is 0 Å². The Morgan fingerprint density at radius 3 is 2.36 bits per heavy atom. The summed E-state index contributed by atoms with van der Waals surface area (Å²) in [7, 11) is 0. The quantitative estimate of drug-likeness (QED) is 0.879. The van der Waals surface area contributed by atoms with Crippen LogP contribution in [0.2, 0.25) is 0 Å². The molecule has 0 saturated heterocycles. The summed E-state index contributed by atoms with van der Waals surface area (Å²) in [5, 5.41) is 9.91. The van der Waals surface area contributed by atoms with E-state index >= 15 is 0 Å². The molecule has 1 aromatic rings. The fraction of sp³-hybridized carbons (Fsp3) is 0.333. The van der Waals surface area contributed by atoms with Gasteiger partial charge in [-0.15, -0.1) is 0 Å². The standard InChI is InChI=1S/C12H15BrO/c1-12(2,11(14)8-9-13)10-6-4-3-5-7-10/h3-9,11,14H,1-2H3/b9-8+. The molecule has 0 aliphatic rings. The Bertz CT molecular complexity index is 303. The Labute approximate surface area is 93.6 Å². The van der Waals surface area contributed by atoms with Crippen LogP contribution < -0.4 is 0 Å². The number of rotatable bonds is 3. The average Bonchev–Trinajstić information content (AvgIpc) is 2.19. The van der Waals surface area contributed by atoms with Gasteiger partial charge >= 0.3 is 0 Å². The lowest BCUT2D eigenvalue weighted by Crippen LogP contribution is -2.31. The van der Waals surface area contributed by atoms with Crippen LogP contribution in [0.15, 0.2) is 41.4 Å². The molecule has 1 aromatic carbocycles. The molecule has 0 spiro atoms. The molecule has 14 heavy (non-hydrogen) atoms. The summed E-state index contributed by atoms with van der Waals surface area (Å²) in [4.78, 5) is 1.70. The third-order valence-corrected chi connectivity index (χ3v) is 2.82. The molecule has 0 heterocycles. The first kappa shape index (κ1) is 11.5. The molecule has 1 unspecified atom stereocenters. The first-order valence-corrected chi connectivity index (χ1v) is 5.51. The Kier molecular flexibility index (Phi) is 3.90. The smallest absolute Gasteiger partial charge is 0.0820 e. The topological polar surface area (TPSA) is 20.2 Å². The number of aliphatic hydroxyl groups is 1. The maximum absolute atomic E-state index is 9.91. The summed E-state index contributed by atoms with van der Waals surface area (Å²) in [5.41, 5.74) is 0.879. The maximum atomic E-state index is 9.91. The van der Waals surface area contributed by atoms with Gasteiger partial charge in [0.05, 0.1) is 6.10 Å². The van der Waals surface area contributed by atoms with Gasteiger partial charge < -0.3 is 5.11 Å². The van der Waals surface area contributed by atoms with E-state index < -0.39 is 6.10 Å². The van der Waals surface area contributed by atoms with Gasteiger partial charge in [-0.2, -0.15) is 0 Å². The first-order valence-electron chi connectivity index (χ1n) is 4.59. The van der Waals surface area contributed by atoms with Gasteiger partial charge in [-0.05, 0) is 16.6 Å². The van der Waals surface area contributed by atoms with Gasteiger partial charge in [-0.3, -0.25) is 0 Å². The van der Waals surface area contributed by atoms with Crippen LogP contribution in [-0.4, -0.2) is 11.2 Å². The molecule has 0 aliphatic heterocycles. The second-order valence-corrected chi connectivity index (χ2v) is 4.38. The van der Waals surface area contributed by atoms with Crippen LogP contribution in [-0.2, 0) is 5.41 Å². The predicted molar refractivity (Wildman–Crippen MR) is 63.5 cm³/mol. The van der Waals surface area contributed by atoms with E-state index in [0.717, 1.165) is 5.56 Å². The monoisotopic (exact) mass is 254 g/mol. The largest absolute Gasteiger partial charge is 0.388 e. The van der Waals surface area contributed by atoms with Gasteiger partial charge in [0, 0.05) is 5.41 Å². The van der Waals surface area contributed by atoms with E-state index in [2.05, 4.69) is 15.9 Å². The Morgan fingerprint density at radius 1 is 1.29 bits per heavy atom. The fourth-order valence-corrected chi connectivity index (χ4v) is 1.64. The fourth-order valence-electron chi connectivity index (χ4n) is 1.35. The van der Waals surface area contributed by atoms with E-state index in [1.54, 1.807) is 11.1 Å². The molecule has 0 aromatic heterocycles. The number of hydrogen-bond acceptors (Lipinski definition) is 1. The number of benzene rings is 1. The van der Waals surface area contributed by atoms with Crippen molar-refractivity contribution >= 4 is 15.9 Å². The van der Waals surface area contributed by atoms with Crippen molar-refractivity contribution in [3.8, 4) is 0 Å². The van der Waals surface area contributed by atoms with Gasteiger partial charge in [-0.25, -0.2) is 0 Å². The second kappa shape index (κ2) is 4.76. The van der Waals surface area contributed by atoms with E-state index in [0.29, 0.717) is 0 Å². The van der Waals surface area contributed by atoms with E-state index in [9.17, 15) is 5.11 Å². The molecule has 0 amide bonds. The molecule has 0 aliphatic carbocycles. The van der Waals surface area contributed by atoms with Crippen LogP contribution in [0, 0.1) is 0 Å². The lowest BCUT2D eigenvalue weighted by Gasteiger charge is -2.29. The summed E-state index contributed by atoms with van der Waals surface area (Å²) >= 11 is 3.17. The van der Waals surface area contributed by atoms with Gasteiger partial charge in [0.15, 0.2) is 0 Å². The molecule has 0 fully saturated rings. The highest BCUT2D eigenvalue weighted by atomic mass is 79.9. The van der Waals surface area contributed by atoms with Crippen LogP contribution in [0.4, 0.5) is 0 Å². The molecule has 0 saturated carbocycles. The zero-order chi connectivity index (χ0) is 10.6. The zero-order valence-electron chi connectivity index (χ0n) is 8.44. The SMILES string of the molecule is CC(C)(c1ccccc1)C(O)/C=C/Br. The van der Waals surface area contributed by atoms with Crippen molar-refractivity contribution in [1.82, 2.24) is 0 Å². The Morgan fingerprint density at radius 2 is 1.86 bits per heavy atom.